The summed E-state index contributed by atoms with van der Waals surface area (Å²) in [7, 11) is 1.20. The highest BCUT2D eigenvalue weighted by Crippen LogP contribution is 2.40. The van der Waals surface area contributed by atoms with Gasteiger partial charge in [0, 0.05) is 11.5 Å². The summed E-state index contributed by atoms with van der Waals surface area (Å²) in [5, 5.41) is 20.4. The number of hydrogen-bond acceptors (Lipinski definition) is 7. The summed E-state index contributed by atoms with van der Waals surface area (Å²) >= 11 is 0. The third kappa shape index (κ3) is 4.93. The first-order valence-electron chi connectivity index (χ1n) is 10.5. The minimum Gasteiger partial charge on any atom is -0.508 e. The molecule has 3 aromatic carbocycles. The van der Waals surface area contributed by atoms with Crippen LogP contribution in [0.25, 0.3) is 22.1 Å². The first kappa shape index (κ1) is 23.7. The Morgan fingerprint density at radius 2 is 1.80 bits per heavy atom. The highest BCUT2D eigenvalue weighted by molar-refractivity contribution is 5.87. The molecule has 0 fully saturated rings. The number of methoxy groups -OCH3 is 1. The van der Waals surface area contributed by atoms with Crippen molar-refractivity contribution in [1.82, 2.24) is 0 Å². The fraction of sp³-hybridized carbons (Fsp3) is 0.154. The maximum Gasteiger partial charge on any atom is 0.387 e. The van der Waals surface area contributed by atoms with Gasteiger partial charge in [0.05, 0.1) is 24.5 Å². The number of ether oxygens (including phenoxy) is 2. The summed E-state index contributed by atoms with van der Waals surface area (Å²) in [6.45, 7) is -3.05. The summed E-state index contributed by atoms with van der Waals surface area (Å²) in [6.07, 6.45) is 0.955. The third-order valence-electron chi connectivity index (χ3n) is 5.57. The SMILES string of the molecule is COC(=O)C[C@@H](c1cccc(OC(F)F)c1)c1c(O)ccc2c(=O)c(-c3ccc(O)cc3)coc12. The Bertz CT molecular complexity index is 1430. The number of rotatable bonds is 7. The lowest BCUT2D eigenvalue weighted by atomic mass is 9.86. The first-order valence-corrected chi connectivity index (χ1v) is 10.5. The topological polar surface area (TPSA) is 106 Å². The Kier molecular flexibility index (Phi) is 6.68. The lowest BCUT2D eigenvalue weighted by Gasteiger charge is -2.20. The van der Waals surface area contributed by atoms with E-state index in [-0.39, 0.29) is 45.8 Å². The van der Waals surface area contributed by atoms with Crippen molar-refractivity contribution in [3.63, 3.8) is 0 Å². The van der Waals surface area contributed by atoms with Gasteiger partial charge < -0.3 is 24.1 Å². The van der Waals surface area contributed by atoms with Gasteiger partial charge in [0.1, 0.15) is 29.1 Å². The van der Waals surface area contributed by atoms with Gasteiger partial charge in [-0.3, -0.25) is 9.59 Å². The lowest BCUT2D eigenvalue weighted by Crippen LogP contribution is -2.13. The Morgan fingerprint density at radius 1 is 1.06 bits per heavy atom. The zero-order chi connectivity index (χ0) is 25.1. The van der Waals surface area contributed by atoms with E-state index >= 15 is 0 Å². The van der Waals surface area contributed by atoms with E-state index in [1.807, 2.05) is 0 Å². The van der Waals surface area contributed by atoms with Crippen molar-refractivity contribution in [2.75, 3.05) is 7.11 Å². The Hall–Kier alpha value is -4.40. The maximum absolute atomic E-state index is 13.3. The lowest BCUT2D eigenvalue weighted by molar-refractivity contribution is -0.140. The zero-order valence-corrected chi connectivity index (χ0v) is 18.4. The van der Waals surface area contributed by atoms with Crippen molar-refractivity contribution in [3.05, 3.63) is 88.3 Å². The van der Waals surface area contributed by atoms with Crippen molar-refractivity contribution < 1.29 is 37.7 Å². The summed E-state index contributed by atoms with van der Waals surface area (Å²) in [4.78, 5) is 25.5. The molecule has 0 bridgehead atoms. The van der Waals surface area contributed by atoms with Crippen molar-refractivity contribution in [2.45, 2.75) is 19.0 Å². The average molecular weight is 482 g/mol. The van der Waals surface area contributed by atoms with Gasteiger partial charge >= 0.3 is 12.6 Å². The highest BCUT2D eigenvalue weighted by atomic mass is 19.3. The van der Waals surface area contributed by atoms with Gasteiger partial charge in [0.15, 0.2) is 0 Å². The second-order valence-corrected chi connectivity index (χ2v) is 7.68. The molecule has 7 nitrogen and oxygen atoms in total. The molecule has 4 aromatic rings. The molecule has 0 aliphatic carbocycles. The van der Waals surface area contributed by atoms with Gasteiger partial charge in [0.25, 0.3) is 0 Å². The number of phenolic OH excluding ortho intramolecular Hbond substituents is 2. The number of esters is 1. The van der Waals surface area contributed by atoms with Crippen LogP contribution < -0.4 is 10.2 Å². The van der Waals surface area contributed by atoms with Gasteiger partial charge in [0.2, 0.25) is 5.43 Å². The summed E-state index contributed by atoms with van der Waals surface area (Å²) in [6, 6.07) is 14.4. The number of hydrogen-bond donors (Lipinski definition) is 2. The number of aromatic hydroxyl groups is 2. The molecule has 0 saturated heterocycles. The third-order valence-corrected chi connectivity index (χ3v) is 5.57. The summed E-state index contributed by atoms with van der Waals surface area (Å²) < 4.78 is 40.6. The number of benzene rings is 3. The van der Waals surface area contributed by atoms with Crippen LogP contribution in [0.1, 0.15) is 23.5 Å². The van der Waals surface area contributed by atoms with Crippen LogP contribution in [0, 0.1) is 0 Å². The standard InChI is InChI=1S/C26H20F2O7/c1-33-22(31)12-19(15-3-2-4-17(11-15)35-26(27)28)23-21(30)10-9-18-24(32)20(13-34-25(18)23)14-5-7-16(29)8-6-14/h2-11,13,19,26,29-30H,12H2,1H3/t19-/m0/s1. The van der Waals surface area contributed by atoms with E-state index in [9.17, 15) is 28.6 Å². The van der Waals surface area contributed by atoms with E-state index in [4.69, 9.17) is 9.15 Å². The molecule has 0 aliphatic rings. The Balaban J connectivity index is 1.91. The first-order chi connectivity index (χ1) is 16.8. The fourth-order valence-corrected chi connectivity index (χ4v) is 3.93. The molecular formula is C26H20F2O7. The van der Waals surface area contributed by atoms with E-state index in [1.165, 1.54) is 55.8 Å². The van der Waals surface area contributed by atoms with Crippen LogP contribution in [0.3, 0.4) is 0 Å². The van der Waals surface area contributed by atoms with Crippen molar-refractivity contribution in [2.24, 2.45) is 0 Å². The second kappa shape index (κ2) is 9.84. The quantitative estimate of drug-likeness (QED) is 0.350. The molecule has 1 atom stereocenters. The molecule has 4 rings (SSSR count). The van der Waals surface area contributed by atoms with Crippen molar-refractivity contribution >= 4 is 16.9 Å². The van der Waals surface area contributed by atoms with Crippen LogP contribution in [0.2, 0.25) is 0 Å². The number of halogens is 2. The van der Waals surface area contributed by atoms with Crippen molar-refractivity contribution in [3.8, 4) is 28.4 Å². The van der Waals surface area contributed by atoms with E-state index < -0.39 is 23.9 Å². The molecule has 1 aromatic heterocycles. The minimum atomic E-state index is -3.05. The smallest absolute Gasteiger partial charge is 0.387 e. The number of fused-ring (bicyclic) bond motifs is 1. The van der Waals surface area contributed by atoms with Gasteiger partial charge in [-0.15, -0.1) is 0 Å². The van der Waals surface area contributed by atoms with Crippen LogP contribution in [0.5, 0.6) is 17.2 Å². The molecule has 1 heterocycles. The minimum absolute atomic E-state index is 0.0339. The number of phenols is 2. The molecule has 0 unspecified atom stereocenters. The van der Waals surface area contributed by atoms with E-state index in [1.54, 1.807) is 18.2 Å². The number of alkyl halides is 2. The molecule has 9 heteroatoms. The zero-order valence-electron chi connectivity index (χ0n) is 18.4. The molecule has 180 valence electrons. The van der Waals surface area contributed by atoms with Crippen LogP contribution in [0.15, 0.2) is 76.1 Å². The predicted molar refractivity (Wildman–Crippen MR) is 123 cm³/mol. The Labute approximate surface area is 197 Å². The monoisotopic (exact) mass is 482 g/mol. The van der Waals surface area contributed by atoms with E-state index in [2.05, 4.69) is 4.74 Å². The van der Waals surface area contributed by atoms with E-state index in [0.717, 1.165) is 0 Å². The molecule has 0 radical (unpaired) electrons. The molecule has 0 spiro atoms. The normalized spacial score (nSPS) is 12.0. The van der Waals surface area contributed by atoms with Gasteiger partial charge in [-0.25, -0.2) is 0 Å². The van der Waals surface area contributed by atoms with Gasteiger partial charge in [-0.1, -0.05) is 24.3 Å². The predicted octanol–water partition coefficient (Wildman–Crippen LogP) is 5.17. The van der Waals surface area contributed by atoms with Crippen LogP contribution in [0.4, 0.5) is 8.78 Å². The van der Waals surface area contributed by atoms with E-state index in [0.29, 0.717) is 11.1 Å². The molecule has 0 amide bonds. The second-order valence-electron chi connectivity index (χ2n) is 7.68. The van der Waals surface area contributed by atoms with Crippen LogP contribution >= 0.6 is 0 Å². The average Bonchev–Trinajstić information content (AvgIpc) is 2.83. The van der Waals surface area contributed by atoms with Crippen LogP contribution in [-0.4, -0.2) is 29.9 Å². The molecule has 2 N–H and O–H groups in total. The number of carbonyl (C=O) groups is 1. The van der Waals surface area contributed by atoms with Crippen molar-refractivity contribution in [1.29, 1.82) is 0 Å². The van der Waals surface area contributed by atoms with Crippen LogP contribution in [-0.2, 0) is 9.53 Å². The molecule has 0 saturated carbocycles. The number of carbonyl (C=O) groups excluding carboxylic acids is 1. The summed E-state index contributed by atoms with van der Waals surface area (Å²) in [5.74, 6) is -1.89. The fourth-order valence-electron chi connectivity index (χ4n) is 3.93. The molecular weight excluding hydrogens is 462 g/mol. The van der Waals surface area contributed by atoms with Gasteiger partial charge in [-0.2, -0.15) is 8.78 Å². The molecule has 0 aliphatic heterocycles. The molecule has 35 heavy (non-hydrogen) atoms. The van der Waals surface area contributed by atoms with Gasteiger partial charge in [-0.05, 0) is 47.5 Å². The largest absolute Gasteiger partial charge is 0.508 e. The summed E-state index contributed by atoms with van der Waals surface area (Å²) in [5.41, 5.74) is 0.858. The maximum atomic E-state index is 13.3. The Morgan fingerprint density at radius 3 is 2.49 bits per heavy atom. The highest BCUT2D eigenvalue weighted by Gasteiger charge is 2.27.